The lowest BCUT2D eigenvalue weighted by Gasteiger charge is -2.27. The molecule has 1 aromatic carbocycles. The number of hydrogen-bond acceptors (Lipinski definition) is 7. The Morgan fingerprint density at radius 3 is 1.97 bits per heavy atom. The minimum Gasteiger partial charge on any atom is -0.481 e. The van der Waals surface area contributed by atoms with Gasteiger partial charge >= 0.3 is 18.0 Å². The third kappa shape index (κ3) is 10.1. The van der Waals surface area contributed by atoms with Crippen molar-refractivity contribution in [1.29, 1.82) is 0 Å². The predicted octanol–water partition coefficient (Wildman–Crippen LogP) is 3.13. The van der Waals surface area contributed by atoms with Crippen LogP contribution in [0.1, 0.15) is 64.7 Å². The molecule has 30 heavy (non-hydrogen) atoms. The largest absolute Gasteiger partial charge is 0.481 e. The number of carbonyl (C=O) groups excluding carboxylic acids is 2. The minimum atomic E-state index is -1.29. The summed E-state index contributed by atoms with van der Waals surface area (Å²) in [6.45, 7) is 10.4. The summed E-state index contributed by atoms with van der Waals surface area (Å²) in [5.41, 5.74) is -0.535. The number of aliphatic hydroxyl groups is 1. The fraction of sp³-hybridized carbons (Fsp3) is 0.571. The topological polar surface area (TPSA) is 134 Å². The van der Waals surface area contributed by atoms with Gasteiger partial charge in [-0.15, -0.1) is 0 Å². The maximum atomic E-state index is 12.1. The lowest BCUT2D eigenvalue weighted by Crippen LogP contribution is -2.48. The minimum absolute atomic E-state index is 0.0151. The van der Waals surface area contributed by atoms with Crippen LogP contribution >= 0.6 is 0 Å². The van der Waals surface area contributed by atoms with E-state index in [1.165, 1.54) is 12.1 Å². The van der Waals surface area contributed by atoms with Gasteiger partial charge in [-0.1, -0.05) is 0 Å². The molecule has 2 atom stereocenters. The van der Waals surface area contributed by atoms with Crippen molar-refractivity contribution in [3.05, 3.63) is 29.8 Å². The van der Waals surface area contributed by atoms with E-state index in [0.717, 1.165) is 0 Å². The molecule has 0 saturated carbocycles. The van der Waals surface area contributed by atoms with E-state index in [1.54, 1.807) is 53.7 Å². The molecule has 168 valence electrons. The number of aliphatic hydroxyl groups excluding tert-OH is 1. The van der Waals surface area contributed by atoms with Gasteiger partial charge in [-0.05, 0) is 72.2 Å². The molecule has 0 aliphatic heterocycles. The molecule has 9 nitrogen and oxygen atoms in total. The quantitative estimate of drug-likeness (QED) is 0.369. The number of hydrogen-bond donors (Lipinski definition) is 4. The zero-order valence-electron chi connectivity index (χ0n) is 18.3. The molecule has 4 N–H and O–H groups in total. The van der Waals surface area contributed by atoms with Crippen LogP contribution in [-0.2, 0) is 14.3 Å². The molecule has 0 aromatic heterocycles. The Hall–Kier alpha value is -2.81. The van der Waals surface area contributed by atoms with E-state index in [0.29, 0.717) is 11.3 Å². The smallest absolute Gasteiger partial charge is 0.408 e. The second-order valence-corrected chi connectivity index (χ2v) is 8.85. The van der Waals surface area contributed by atoms with E-state index in [1.807, 2.05) is 0 Å². The molecule has 0 heterocycles. The van der Waals surface area contributed by atoms with Crippen molar-refractivity contribution in [3.63, 3.8) is 0 Å². The van der Waals surface area contributed by atoms with Gasteiger partial charge in [0.2, 0.25) is 0 Å². The van der Waals surface area contributed by atoms with Crippen LogP contribution in [0, 0.1) is 0 Å². The van der Waals surface area contributed by atoms with Crippen molar-refractivity contribution < 1.29 is 34.1 Å². The number of aliphatic carboxylic acids is 1. The van der Waals surface area contributed by atoms with E-state index in [2.05, 4.69) is 10.6 Å². The van der Waals surface area contributed by atoms with Gasteiger partial charge in [0.05, 0.1) is 11.6 Å². The number of rotatable bonds is 8. The normalized spacial score (nSPS) is 13.7. The average Bonchev–Trinajstić information content (AvgIpc) is 2.55. The van der Waals surface area contributed by atoms with Crippen molar-refractivity contribution in [3.8, 4) is 0 Å². The first kappa shape index (κ1) is 25.2. The number of ether oxygens (including phenoxy) is 2. The second-order valence-electron chi connectivity index (χ2n) is 8.85. The molecule has 0 aliphatic carbocycles. The van der Waals surface area contributed by atoms with Gasteiger partial charge < -0.3 is 30.3 Å². The van der Waals surface area contributed by atoms with Gasteiger partial charge in [-0.3, -0.25) is 4.79 Å². The number of anilines is 1. The Balaban J connectivity index is 2.81. The fourth-order valence-electron chi connectivity index (χ4n) is 2.36. The average molecular weight is 424 g/mol. The van der Waals surface area contributed by atoms with Crippen LogP contribution in [0.25, 0.3) is 0 Å². The highest BCUT2D eigenvalue weighted by Crippen LogP contribution is 2.17. The van der Waals surface area contributed by atoms with Crippen LogP contribution in [0.2, 0.25) is 0 Å². The van der Waals surface area contributed by atoms with Gasteiger partial charge in [0, 0.05) is 12.1 Å². The third-order valence-corrected chi connectivity index (χ3v) is 3.59. The molecule has 0 fully saturated rings. The zero-order chi connectivity index (χ0) is 23.1. The molecule has 1 rings (SSSR count). The summed E-state index contributed by atoms with van der Waals surface area (Å²) in [5.74, 6) is -1.53. The van der Waals surface area contributed by atoms with E-state index in [9.17, 15) is 19.5 Å². The van der Waals surface area contributed by atoms with Gasteiger partial charge in [0.15, 0.2) is 0 Å². The fourth-order valence-corrected chi connectivity index (χ4v) is 2.36. The highest BCUT2D eigenvalue weighted by atomic mass is 16.6. The van der Waals surface area contributed by atoms with Crippen LogP contribution in [0.5, 0.6) is 0 Å². The predicted molar refractivity (Wildman–Crippen MR) is 111 cm³/mol. The number of carboxylic acid groups (broad SMARTS) is 1. The Bertz CT molecular complexity index is 733. The first-order valence-electron chi connectivity index (χ1n) is 9.65. The SMILES string of the molecule is CC(C)(C)OC(=O)N[C@@H](CCC(=O)O)[C@H](O)Nc1ccc(C(=O)OC(C)(C)C)cc1. The van der Waals surface area contributed by atoms with Gasteiger partial charge in [0.25, 0.3) is 0 Å². The summed E-state index contributed by atoms with van der Waals surface area (Å²) >= 11 is 0. The second kappa shape index (κ2) is 10.3. The Kier molecular flexibility index (Phi) is 8.65. The molecular weight excluding hydrogens is 392 g/mol. The molecule has 1 amide bonds. The molecule has 9 heteroatoms. The van der Waals surface area contributed by atoms with Crippen molar-refractivity contribution in [1.82, 2.24) is 5.32 Å². The molecule has 0 unspecified atom stereocenters. The highest BCUT2D eigenvalue weighted by Gasteiger charge is 2.25. The van der Waals surface area contributed by atoms with Gasteiger partial charge in [-0.2, -0.15) is 0 Å². The van der Waals surface area contributed by atoms with Crippen molar-refractivity contribution in [2.75, 3.05) is 5.32 Å². The molecule has 0 spiro atoms. The standard InChI is InChI=1S/C21H32N2O7/c1-20(2,3)29-18(27)13-7-9-14(10-8-13)22-17(26)15(11-12-16(24)25)23-19(28)30-21(4,5)6/h7-10,15,17,22,26H,11-12H2,1-6H3,(H,23,28)(H,24,25)/t15-,17-/m0/s1. The number of alkyl carbamates (subject to hydrolysis) is 1. The lowest BCUT2D eigenvalue weighted by molar-refractivity contribution is -0.137. The van der Waals surface area contributed by atoms with Crippen molar-refractivity contribution in [2.24, 2.45) is 0 Å². The molecule has 0 saturated heterocycles. The van der Waals surface area contributed by atoms with E-state index in [-0.39, 0.29) is 12.8 Å². The van der Waals surface area contributed by atoms with E-state index < -0.39 is 41.5 Å². The highest BCUT2D eigenvalue weighted by molar-refractivity contribution is 5.90. The number of carboxylic acids is 1. The summed E-state index contributed by atoms with van der Waals surface area (Å²) in [6, 6.07) is 5.31. The maximum Gasteiger partial charge on any atom is 0.408 e. The van der Waals surface area contributed by atoms with Crippen LogP contribution in [0.4, 0.5) is 10.5 Å². The maximum absolute atomic E-state index is 12.1. The lowest BCUT2D eigenvalue weighted by atomic mass is 10.1. The Morgan fingerprint density at radius 2 is 1.50 bits per heavy atom. The summed E-state index contributed by atoms with van der Waals surface area (Å²) < 4.78 is 10.5. The number of nitrogens with one attached hydrogen (secondary N) is 2. The van der Waals surface area contributed by atoms with Crippen LogP contribution in [0.3, 0.4) is 0 Å². The monoisotopic (exact) mass is 424 g/mol. The molecule has 0 aliphatic rings. The third-order valence-electron chi connectivity index (χ3n) is 3.59. The number of esters is 1. The molecule has 0 bridgehead atoms. The Labute approximate surface area is 176 Å². The van der Waals surface area contributed by atoms with Gasteiger partial charge in [-0.25, -0.2) is 9.59 Å². The van der Waals surface area contributed by atoms with Gasteiger partial charge in [0.1, 0.15) is 17.4 Å². The molecule has 1 aromatic rings. The van der Waals surface area contributed by atoms with Crippen molar-refractivity contribution in [2.45, 2.75) is 77.9 Å². The van der Waals surface area contributed by atoms with E-state index >= 15 is 0 Å². The summed E-state index contributed by atoms with van der Waals surface area (Å²) in [4.78, 5) is 35.0. The first-order valence-corrected chi connectivity index (χ1v) is 9.65. The summed E-state index contributed by atoms with van der Waals surface area (Å²) in [7, 11) is 0. The summed E-state index contributed by atoms with van der Waals surface area (Å²) in [6.07, 6.45) is -2.32. The van der Waals surface area contributed by atoms with Crippen LogP contribution in [0.15, 0.2) is 24.3 Å². The van der Waals surface area contributed by atoms with Crippen molar-refractivity contribution >= 4 is 23.7 Å². The first-order chi connectivity index (χ1) is 13.7. The number of benzene rings is 1. The summed E-state index contributed by atoms with van der Waals surface area (Å²) in [5, 5.41) is 24.7. The van der Waals surface area contributed by atoms with E-state index in [4.69, 9.17) is 14.6 Å². The Morgan fingerprint density at radius 1 is 0.967 bits per heavy atom. The number of amides is 1. The number of carbonyl (C=O) groups is 3. The molecular formula is C21H32N2O7. The van der Waals surface area contributed by atoms with Crippen LogP contribution in [-0.4, -0.2) is 51.7 Å². The zero-order valence-corrected chi connectivity index (χ0v) is 18.3. The van der Waals surface area contributed by atoms with Crippen LogP contribution < -0.4 is 10.6 Å². The molecule has 0 radical (unpaired) electrons.